The fourth-order valence-corrected chi connectivity index (χ4v) is 4.38. The van der Waals surface area contributed by atoms with Crippen LogP contribution < -0.4 is 10.6 Å². The number of nitrogens with zero attached hydrogens (tertiary/aromatic N) is 4. The van der Waals surface area contributed by atoms with Gasteiger partial charge in [-0.15, -0.1) is 10.2 Å². The lowest BCUT2D eigenvalue weighted by Crippen LogP contribution is -2.26. The molecule has 0 bridgehead atoms. The summed E-state index contributed by atoms with van der Waals surface area (Å²) < 4.78 is 1.85. The molecule has 6 rings (SSSR count). The summed E-state index contributed by atoms with van der Waals surface area (Å²) in [5, 5.41) is 16.1. The highest BCUT2D eigenvalue weighted by Gasteiger charge is 2.29. The first-order valence-electron chi connectivity index (χ1n) is 11.5. The number of carbonyl (C=O) groups is 1. The minimum absolute atomic E-state index is 0.151. The van der Waals surface area contributed by atoms with Gasteiger partial charge in [0.25, 0.3) is 11.7 Å². The number of amides is 1. The van der Waals surface area contributed by atoms with Crippen molar-refractivity contribution in [1.82, 2.24) is 35.2 Å². The number of fused-ring (bicyclic) bond motifs is 2. The molecule has 0 aliphatic heterocycles. The van der Waals surface area contributed by atoms with E-state index in [1.807, 2.05) is 4.40 Å². The van der Waals surface area contributed by atoms with Gasteiger partial charge < -0.3 is 15.6 Å². The molecule has 3 N–H and O–H groups in total. The van der Waals surface area contributed by atoms with Gasteiger partial charge in [0.2, 0.25) is 0 Å². The van der Waals surface area contributed by atoms with Crippen LogP contribution >= 0.6 is 0 Å². The van der Waals surface area contributed by atoms with Gasteiger partial charge in [-0.25, -0.2) is 4.98 Å². The first kappa shape index (κ1) is 19.4. The summed E-state index contributed by atoms with van der Waals surface area (Å²) in [6.45, 7) is 2.42. The van der Waals surface area contributed by atoms with Crippen LogP contribution in [0.3, 0.4) is 0 Å². The molecular formula is C24H27N7O. The maximum absolute atomic E-state index is 12.7. The van der Waals surface area contributed by atoms with E-state index in [4.69, 9.17) is 0 Å². The number of aromatic nitrogens is 5. The Labute approximate surface area is 185 Å². The molecular weight excluding hydrogens is 402 g/mol. The van der Waals surface area contributed by atoms with Gasteiger partial charge in [-0.2, -0.15) is 0 Å². The summed E-state index contributed by atoms with van der Waals surface area (Å²) in [7, 11) is 0. The number of carbonyl (C=O) groups excluding carboxylic acids is 1. The van der Waals surface area contributed by atoms with Gasteiger partial charge in [0.05, 0.1) is 5.56 Å². The van der Waals surface area contributed by atoms with Crippen molar-refractivity contribution in [3.8, 4) is 0 Å². The van der Waals surface area contributed by atoms with E-state index in [1.165, 1.54) is 30.3 Å². The van der Waals surface area contributed by atoms with E-state index < -0.39 is 0 Å². The van der Waals surface area contributed by atoms with Crippen LogP contribution in [0.1, 0.15) is 65.5 Å². The summed E-state index contributed by atoms with van der Waals surface area (Å²) in [4.78, 5) is 20.5. The number of nitrogens with one attached hydrogen (secondary N) is 3. The molecule has 3 aromatic heterocycles. The first-order valence-corrected chi connectivity index (χ1v) is 11.5. The zero-order valence-electron chi connectivity index (χ0n) is 18.0. The van der Waals surface area contributed by atoms with Crippen LogP contribution in [0.25, 0.3) is 16.7 Å². The van der Waals surface area contributed by atoms with Crippen LogP contribution in [-0.4, -0.2) is 37.0 Å². The molecule has 164 valence electrons. The van der Waals surface area contributed by atoms with Crippen LogP contribution in [0, 0.1) is 5.92 Å². The van der Waals surface area contributed by atoms with E-state index in [0.29, 0.717) is 23.8 Å². The minimum atomic E-state index is -0.151. The van der Waals surface area contributed by atoms with Gasteiger partial charge in [-0.1, -0.05) is 18.6 Å². The molecule has 1 amide bonds. The number of hydrogen-bond donors (Lipinski definition) is 3. The normalized spacial score (nSPS) is 16.5. The predicted octanol–water partition coefficient (Wildman–Crippen LogP) is 3.30. The third-order valence-corrected chi connectivity index (χ3v) is 6.67. The van der Waals surface area contributed by atoms with Gasteiger partial charge in [-0.05, 0) is 61.2 Å². The maximum Gasteiger partial charge on any atom is 0.255 e. The largest absolute Gasteiger partial charge is 0.357 e. The molecule has 0 spiro atoms. The monoisotopic (exact) mass is 429 g/mol. The van der Waals surface area contributed by atoms with Gasteiger partial charge in [-0.3, -0.25) is 9.20 Å². The summed E-state index contributed by atoms with van der Waals surface area (Å²) in [6, 6.07) is 8.48. The second-order valence-electron chi connectivity index (χ2n) is 9.17. The molecule has 2 aliphatic rings. The van der Waals surface area contributed by atoms with E-state index in [2.05, 4.69) is 55.1 Å². The zero-order chi connectivity index (χ0) is 21.5. The molecule has 3 heterocycles. The zero-order valence-corrected chi connectivity index (χ0v) is 18.0. The van der Waals surface area contributed by atoms with Crippen LogP contribution in [-0.2, 0) is 13.1 Å². The van der Waals surface area contributed by atoms with E-state index in [0.717, 1.165) is 48.8 Å². The minimum Gasteiger partial charge on any atom is -0.357 e. The lowest BCUT2D eigenvalue weighted by molar-refractivity contribution is 0.0950. The second-order valence-corrected chi connectivity index (χ2v) is 9.17. The quantitative estimate of drug-likeness (QED) is 0.399. The van der Waals surface area contributed by atoms with E-state index >= 15 is 0 Å². The van der Waals surface area contributed by atoms with Gasteiger partial charge in [0.15, 0.2) is 0 Å². The Hall–Kier alpha value is -3.26. The topological polar surface area (TPSA) is 100 Å². The van der Waals surface area contributed by atoms with Gasteiger partial charge in [0, 0.05) is 42.6 Å². The molecule has 2 saturated carbocycles. The number of rotatable bonds is 8. The molecule has 8 heteroatoms. The average molecular weight is 430 g/mol. The standard InChI is InChI=1S/C24H27N7O/c32-23(19-12-27-24-30-29-22(17-6-7-17)31(24)14-19)26-11-16-4-5-18-9-20(28-21(18)8-16)13-25-10-15-2-1-3-15/h4-5,8-9,12,14-15,17,25,28H,1-3,6-7,10-11,13H2,(H,26,32). The SMILES string of the molecule is O=C(NCc1ccc2cc(CNCC3CCC3)[nH]c2c1)c1cnc2nnc(C3CC3)n2c1. The van der Waals surface area contributed by atoms with Gasteiger partial charge in [0.1, 0.15) is 5.82 Å². The Morgan fingerprint density at radius 1 is 1.12 bits per heavy atom. The fraction of sp³-hybridized carbons (Fsp3) is 0.417. The highest BCUT2D eigenvalue weighted by atomic mass is 16.1. The predicted molar refractivity (Wildman–Crippen MR) is 121 cm³/mol. The van der Waals surface area contributed by atoms with E-state index in [1.54, 1.807) is 12.4 Å². The Morgan fingerprint density at radius 3 is 2.84 bits per heavy atom. The molecule has 2 fully saturated rings. The Bertz CT molecular complexity index is 1280. The number of aromatic amines is 1. The van der Waals surface area contributed by atoms with Crippen molar-refractivity contribution >= 4 is 22.6 Å². The average Bonchev–Trinajstić information content (AvgIpc) is 3.40. The molecule has 32 heavy (non-hydrogen) atoms. The second kappa shape index (κ2) is 8.02. The van der Waals surface area contributed by atoms with Crippen molar-refractivity contribution in [1.29, 1.82) is 0 Å². The highest BCUT2D eigenvalue weighted by molar-refractivity contribution is 5.93. The maximum atomic E-state index is 12.7. The van der Waals surface area contributed by atoms with Crippen molar-refractivity contribution in [2.75, 3.05) is 6.54 Å². The lowest BCUT2D eigenvalue weighted by atomic mass is 9.85. The van der Waals surface area contributed by atoms with E-state index in [9.17, 15) is 4.79 Å². The number of hydrogen-bond acceptors (Lipinski definition) is 5. The Morgan fingerprint density at radius 2 is 2.03 bits per heavy atom. The Balaban J connectivity index is 1.10. The van der Waals surface area contributed by atoms with E-state index in [-0.39, 0.29) is 5.91 Å². The molecule has 1 aromatic carbocycles. The molecule has 8 nitrogen and oxygen atoms in total. The lowest BCUT2D eigenvalue weighted by Gasteiger charge is -2.25. The number of benzene rings is 1. The van der Waals surface area contributed by atoms with Crippen molar-refractivity contribution in [3.63, 3.8) is 0 Å². The first-order chi connectivity index (χ1) is 15.7. The summed E-state index contributed by atoms with van der Waals surface area (Å²) in [5.41, 5.74) is 3.86. The van der Waals surface area contributed by atoms with Crippen molar-refractivity contribution in [2.45, 2.75) is 51.1 Å². The van der Waals surface area contributed by atoms with Crippen molar-refractivity contribution in [3.05, 3.63) is 59.3 Å². The van der Waals surface area contributed by atoms with Crippen LogP contribution in [0.2, 0.25) is 0 Å². The van der Waals surface area contributed by atoms with Crippen LogP contribution in [0.15, 0.2) is 36.7 Å². The van der Waals surface area contributed by atoms with Crippen molar-refractivity contribution < 1.29 is 4.79 Å². The number of H-pyrrole nitrogens is 1. The third kappa shape index (κ3) is 3.86. The molecule has 0 saturated heterocycles. The molecule has 4 aromatic rings. The molecule has 0 atom stereocenters. The van der Waals surface area contributed by atoms with Crippen molar-refractivity contribution in [2.24, 2.45) is 5.92 Å². The van der Waals surface area contributed by atoms with Crippen LogP contribution in [0.5, 0.6) is 0 Å². The Kier molecular flexibility index (Phi) is 4.87. The van der Waals surface area contributed by atoms with Gasteiger partial charge >= 0.3 is 0 Å². The summed E-state index contributed by atoms with van der Waals surface area (Å²) in [5.74, 6) is 2.59. The third-order valence-electron chi connectivity index (χ3n) is 6.67. The molecule has 0 unspecified atom stereocenters. The summed E-state index contributed by atoms with van der Waals surface area (Å²) >= 11 is 0. The fourth-order valence-electron chi connectivity index (χ4n) is 4.38. The smallest absolute Gasteiger partial charge is 0.255 e. The molecule has 0 radical (unpaired) electrons. The highest BCUT2D eigenvalue weighted by Crippen LogP contribution is 2.38. The summed E-state index contributed by atoms with van der Waals surface area (Å²) in [6.07, 6.45) is 9.70. The van der Waals surface area contributed by atoms with Crippen LogP contribution in [0.4, 0.5) is 0 Å². The molecule has 2 aliphatic carbocycles.